The van der Waals surface area contributed by atoms with Crippen molar-refractivity contribution in [1.82, 2.24) is 5.32 Å². The minimum atomic E-state index is -0.349. The summed E-state index contributed by atoms with van der Waals surface area (Å²) >= 11 is 0. The van der Waals surface area contributed by atoms with E-state index in [-0.39, 0.29) is 29.8 Å². The normalized spacial score (nSPS) is 25.0. The average Bonchev–Trinajstić information content (AvgIpc) is 2.64. The van der Waals surface area contributed by atoms with Crippen molar-refractivity contribution in [3.63, 3.8) is 0 Å². The number of hydrogen-bond acceptors (Lipinski definition) is 3. The van der Waals surface area contributed by atoms with Gasteiger partial charge in [-0.2, -0.15) is 0 Å². The lowest BCUT2D eigenvalue weighted by Crippen LogP contribution is -2.40. The van der Waals surface area contributed by atoms with Crippen LogP contribution in [-0.2, 0) is 0 Å². The highest BCUT2D eigenvalue weighted by atomic mass is 19.1. The molecule has 0 aliphatic heterocycles. The van der Waals surface area contributed by atoms with E-state index in [9.17, 15) is 9.50 Å². The molecular formula is C16H24FNO2. The Morgan fingerprint density at radius 3 is 2.80 bits per heavy atom. The predicted molar refractivity (Wildman–Crippen MR) is 77.4 cm³/mol. The van der Waals surface area contributed by atoms with Crippen LogP contribution in [-0.4, -0.2) is 24.4 Å². The van der Waals surface area contributed by atoms with E-state index >= 15 is 0 Å². The molecule has 1 aromatic rings. The number of rotatable bonds is 4. The third-order valence-corrected chi connectivity index (χ3v) is 4.12. The van der Waals surface area contributed by atoms with Crippen molar-refractivity contribution in [1.29, 1.82) is 0 Å². The Kier molecular flexibility index (Phi) is 5.38. The fraction of sp³-hybridized carbons (Fsp3) is 0.625. The molecule has 0 spiro atoms. The molecule has 1 aromatic carbocycles. The van der Waals surface area contributed by atoms with E-state index in [1.807, 2.05) is 6.92 Å². The maximum absolute atomic E-state index is 13.4. The number of aliphatic hydroxyl groups is 1. The number of aliphatic hydroxyl groups excluding tert-OH is 1. The van der Waals surface area contributed by atoms with Crippen molar-refractivity contribution in [2.24, 2.45) is 0 Å². The summed E-state index contributed by atoms with van der Waals surface area (Å²) in [4.78, 5) is 0. The summed E-state index contributed by atoms with van der Waals surface area (Å²) < 4.78 is 18.4. The Balaban J connectivity index is 2.05. The molecule has 2 N–H and O–H groups in total. The molecule has 1 aliphatic carbocycles. The van der Waals surface area contributed by atoms with Crippen molar-refractivity contribution < 1.29 is 14.2 Å². The number of ether oxygens (including phenoxy) is 1. The van der Waals surface area contributed by atoms with Gasteiger partial charge in [0.05, 0.1) is 13.2 Å². The lowest BCUT2D eigenvalue weighted by Gasteiger charge is -2.26. The summed E-state index contributed by atoms with van der Waals surface area (Å²) in [6, 6.07) is 5.08. The number of hydrogen-bond donors (Lipinski definition) is 2. The number of halogens is 1. The molecule has 2 rings (SSSR count). The minimum absolute atomic E-state index is 0.0576. The number of methoxy groups -OCH3 is 1. The van der Waals surface area contributed by atoms with E-state index in [4.69, 9.17) is 4.74 Å². The van der Waals surface area contributed by atoms with Crippen LogP contribution < -0.4 is 10.1 Å². The quantitative estimate of drug-likeness (QED) is 0.833. The monoisotopic (exact) mass is 281 g/mol. The smallest absolute Gasteiger partial charge is 0.165 e. The summed E-state index contributed by atoms with van der Waals surface area (Å²) in [6.07, 6.45) is 4.99. The van der Waals surface area contributed by atoms with Crippen LogP contribution in [0.15, 0.2) is 18.2 Å². The third-order valence-electron chi connectivity index (χ3n) is 4.12. The largest absolute Gasteiger partial charge is 0.494 e. The van der Waals surface area contributed by atoms with Crippen LogP contribution in [0.2, 0.25) is 0 Å². The molecule has 0 radical (unpaired) electrons. The third kappa shape index (κ3) is 3.70. The molecule has 1 fully saturated rings. The first-order valence-corrected chi connectivity index (χ1v) is 7.39. The van der Waals surface area contributed by atoms with Gasteiger partial charge in [-0.15, -0.1) is 0 Å². The lowest BCUT2D eigenvalue weighted by atomic mass is 10.0. The summed E-state index contributed by atoms with van der Waals surface area (Å²) in [5, 5.41) is 13.6. The predicted octanol–water partition coefficient (Wildman–Crippen LogP) is 3.18. The molecule has 3 nitrogen and oxygen atoms in total. The van der Waals surface area contributed by atoms with E-state index in [1.54, 1.807) is 12.1 Å². The van der Waals surface area contributed by atoms with Crippen LogP contribution in [0.5, 0.6) is 5.75 Å². The average molecular weight is 281 g/mol. The van der Waals surface area contributed by atoms with Crippen LogP contribution in [0.4, 0.5) is 4.39 Å². The van der Waals surface area contributed by atoms with Crippen LogP contribution in [0.25, 0.3) is 0 Å². The zero-order valence-electron chi connectivity index (χ0n) is 12.2. The molecule has 3 unspecified atom stereocenters. The van der Waals surface area contributed by atoms with Crippen LogP contribution in [0.3, 0.4) is 0 Å². The van der Waals surface area contributed by atoms with Gasteiger partial charge in [-0.25, -0.2) is 4.39 Å². The highest BCUT2D eigenvalue weighted by molar-refractivity contribution is 5.32. The first-order chi connectivity index (χ1) is 9.61. The number of nitrogens with one attached hydrogen (secondary N) is 1. The molecule has 1 aliphatic rings. The Hall–Kier alpha value is -1.13. The summed E-state index contributed by atoms with van der Waals surface area (Å²) in [5.41, 5.74) is 0.972. The van der Waals surface area contributed by atoms with Crippen molar-refractivity contribution in [3.05, 3.63) is 29.6 Å². The fourth-order valence-corrected chi connectivity index (χ4v) is 2.85. The summed E-state index contributed by atoms with van der Waals surface area (Å²) in [7, 11) is 1.47. The van der Waals surface area contributed by atoms with Gasteiger partial charge < -0.3 is 15.2 Å². The second-order valence-electron chi connectivity index (χ2n) is 5.59. The fourth-order valence-electron chi connectivity index (χ4n) is 2.85. The molecule has 1 saturated carbocycles. The van der Waals surface area contributed by atoms with E-state index in [0.29, 0.717) is 0 Å². The molecule has 20 heavy (non-hydrogen) atoms. The molecule has 3 atom stereocenters. The molecule has 0 bridgehead atoms. The first kappa shape index (κ1) is 15.3. The Morgan fingerprint density at radius 1 is 1.30 bits per heavy atom. The Morgan fingerprint density at radius 2 is 2.05 bits per heavy atom. The van der Waals surface area contributed by atoms with Gasteiger partial charge in [0, 0.05) is 12.1 Å². The van der Waals surface area contributed by atoms with Crippen molar-refractivity contribution in [2.45, 2.75) is 57.2 Å². The SMILES string of the molecule is COc1cc(C(C)NC2CCCCCC2O)ccc1F. The molecule has 0 aromatic heterocycles. The van der Waals surface area contributed by atoms with Crippen molar-refractivity contribution >= 4 is 0 Å². The lowest BCUT2D eigenvalue weighted by molar-refractivity contribution is 0.115. The van der Waals surface area contributed by atoms with Gasteiger partial charge in [0.25, 0.3) is 0 Å². The molecule has 0 saturated heterocycles. The van der Waals surface area contributed by atoms with Crippen molar-refractivity contribution in [3.8, 4) is 5.75 Å². The van der Waals surface area contributed by atoms with Crippen LogP contribution in [0.1, 0.15) is 50.6 Å². The highest BCUT2D eigenvalue weighted by Crippen LogP contribution is 2.25. The molecule has 4 heteroatoms. The van der Waals surface area contributed by atoms with Gasteiger partial charge in [0.15, 0.2) is 11.6 Å². The summed E-state index contributed by atoms with van der Waals surface area (Å²) in [6.45, 7) is 2.03. The highest BCUT2D eigenvalue weighted by Gasteiger charge is 2.23. The Bertz CT molecular complexity index is 438. The van der Waals surface area contributed by atoms with E-state index < -0.39 is 0 Å². The molecular weight excluding hydrogens is 257 g/mol. The van der Waals surface area contributed by atoms with Gasteiger partial charge in [0.1, 0.15) is 0 Å². The van der Waals surface area contributed by atoms with Gasteiger partial charge in [-0.05, 0) is 37.5 Å². The van der Waals surface area contributed by atoms with Gasteiger partial charge >= 0.3 is 0 Å². The standard InChI is InChI=1S/C16H24FNO2/c1-11(12-8-9-13(17)16(10-12)20-2)18-14-6-4-3-5-7-15(14)19/h8-11,14-15,18-19H,3-7H2,1-2H3. The van der Waals surface area contributed by atoms with Crippen LogP contribution in [0, 0.1) is 5.82 Å². The molecule has 112 valence electrons. The van der Waals surface area contributed by atoms with Gasteiger partial charge in [-0.3, -0.25) is 0 Å². The summed E-state index contributed by atoms with van der Waals surface area (Å²) in [5.74, 6) is -0.0875. The molecule has 0 amide bonds. The maximum atomic E-state index is 13.4. The van der Waals surface area contributed by atoms with Gasteiger partial charge in [-0.1, -0.05) is 25.3 Å². The zero-order chi connectivity index (χ0) is 14.5. The Labute approximate surface area is 120 Å². The first-order valence-electron chi connectivity index (χ1n) is 7.39. The molecule has 0 heterocycles. The topological polar surface area (TPSA) is 41.5 Å². The number of benzene rings is 1. The maximum Gasteiger partial charge on any atom is 0.165 e. The van der Waals surface area contributed by atoms with E-state index in [0.717, 1.165) is 31.2 Å². The van der Waals surface area contributed by atoms with Crippen molar-refractivity contribution in [2.75, 3.05) is 7.11 Å². The zero-order valence-corrected chi connectivity index (χ0v) is 12.2. The van der Waals surface area contributed by atoms with Gasteiger partial charge in [0.2, 0.25) is 0 Å². The van der Waals surface area contributed by atoms with E-state index in [2.05, 4.69) is 5.32 Å². The second-order valence-corrected chi connectivity index (χ2v) is 5.59. The van der Waals surface area contributed by atoms with E-state index in [1.165, 1.54) is 19.6 Å². The van der Waals surface area contributed by atoms with Crippen LogP contribution >= 0.6 is 0 Å². The second kappa shape index (κ2) is 7.04. The minimum Gasteiger partial charge on any atom is -0.494 e.